The molecule has 0 aromatic heterocycles. The summed E-state index contributed by atoms with van der Waals surface area (Å²) in [6, 6.07) is 0. The van der Waals surface area contributed by atoms with Crippen molar-refractivity contribution in [2.24, 2.45) is 0 Å². The Bertz CT molecular complexity index is 82.9. The van der Waals surface area contributed by atoms with Crippen LogP contribution < -0.4 is 0 Å². The van der Waals surface area contributed by atoms with Crippen LogP contribution in [0.3, 0.4) is 0 Å². The Morgan fingerprint density at radius 3 is 2.56 bits per heavy atom. The molecule has 0 spiro atoms. The molecule has 1 N–H and O–H groups in total. The molecule has 2 heteroatoms. The Kier molecular flexibility index (Phi) is 2.09. The summed E-state index contributed by atoms with van der Waals surface area (Å²) < 4.78 is 5.37. The normalized spacial score (nSPS) is 43.7. The van der Waals surface area contributed by atoms with Crippen LogP contribution in [0.2, 0.25) is 0 Å². The quantitative estimate of drug-likeness (QED) is 0.572. The summed E-state index contributed by atoms with van der Waals surface area (Å²) in [6.45, 7) is 4.00. The van der Waals surface area contributed by atoms with Crippen molar-refractivity contribution in [3.8, 4) is 0 Å². The Morgan fingerprint density at radius 2 is 2.33 bits per heavy atom. The molecule has 0 aliphatic carbocycles. The first-order valence-corrected chi connectivity index (χ1v) is 3.57. The van der Waals surface area contributed by atoms with Crippen LogP contribution in [-0.4, -0.2) is 23.4 Å². The highest BCUT2D eigenvalue weighted by atomic mass is 16.5. The Balaban J connectivity index is 2.35. The molecule has 54 valence electrons. The van der Waals surface area contributed by atoms with Crippen LogP contribution in [0.25, 0.3) is 0 Å². The minimum absolute atomic E-state index is 0.0509. The van der Waals surface area contributed by atoms with Gasteiger partial charge in [-0.1, -0.05) is 6.92 Å². The van der Waals surface area contributed by atoms with Crippen LogP contribution in [0, 0.1) is 0 Å². The van der Waals surface area contributed by atoms with E-state index in [1.165, 1.54) is 0 Å². The van der Waals surface area contributed by atoms with Crippen molar-refractivity contribution in [2.45, 2.75) is 45.0 Å². The number of rotatable bonds is 1. The number of hydrogen-bond donors (Lipinski definition) is 1. The minimum Gasteiger partial charge on any atom is -0.390 e. The van der Waals surface area contributed by atoms with Gasteiger partial charge in [-0.25, -0.2) is 0 Å². The van der Waals surface area contributed by atoms with E-state index < -0.39 is 0 Å². The molecule has 0 aromatic carbocycles. The number of ether oxygens (including phenoxy) is 1. The van der Waals surface area contributed by atoms with Crippen LogP contribution in [-0.2, 0) is 4.74 Å². The van der Waals surface area contributed by atoms with Crippen molar-refractivity contribution in [2.75, 3.05) is 0 Å². The molecule has 3 atom stereocenters. The van der Waals surface area contributed by atoms with Crippen molar-refractivity contribution in [1.82, 2.24) is 0 Å². The van der Waals surface area contributed by atoms with Gasteiger partial charge in [0, 0.05) is 6.42 Å². The molecular weight excluding hydrogens is 116 g/mol. The second-order valence-corrected chi connectivity index (χ2v) is 2.67. The first kappa shape index (κ1) is 7.03. The van der Waals surface area contributed by atoms with E-state index in [2.05, 4.69) is 6.92 Å². The predicted octanol–water partition coefficient (Wildman–Crippen LogP) is 0.935. The molecule has 1 rings (SSSR count). The lowest BCUT2D eigenvalue weighted by atomic mass is 10.1. The molecule has 1 aliphatic heterocycles. The maximum Gasteiger partial charge on any atom is 0.0823 e. The van der Waals surface area contributed by atoms with E-state index in [9.17, 15) is 5.11 Å². The first-order chi connectivity index (χ1) is 4.24. The van der Waals surface area contributed by atoms with E-state index in [1.807, 2.05) is 6.92 Å². The van der Waals surface area contributed by atoms with Gasteiger partial charge in [-0.15, -0.1) is 0 Å². The molecule has 0 bridgehead atoms. The third-order valence-corrected chi connectivity index (χ3v) is 1.91. The van der Waals surface area contributed by atoms with Gasteiger partial charge in [0.1, 0.15) is 0 Å². The van der Waals surface area contributed by atoms with Crippen LogP contribution in [0.5, 0.6) is 0 Å². The summed E-state index contributed by atoms with van der Waals surface area (Å²) in [4.78, 5) is 0. The average molecular weight is 130 g/mol. The van der Waals surface area contributed by atoms with E-state index in [1.54, 1.807) is 0 Å². The molecule has 0 amide bonds. The predicted molar refractivity (Wildman–Crippen MR) is 35.2 cm³/mol. The Hall–Kier alpha value is -0.0800. The maximum absolute atomic E-state index is 9.17. The Morgan fingerprint density at radius 1 is 1.67 bits per heavy atom. The van der Waals surface area contributed by atoms with Crippen LogP contribution in [0.4, 0.5) is 0 Å². The van der Waals surface area contributed by atoms with Crippen molar-refractivity contribution in [3.63, 3.8) is 0 Å². The molecule has 1 fully saturated rings. The second kappa shape index (κ2) is 2.67. The third kappa shape index (κ3) is 1.43. The average Bonchev–Trinajstić information content (AvgIpc) is 2.13. The summed E-state index contributed by atoms with van der Waals surface area (Å²) in [6.07, 6.45) is 1.96. The van der Waals surface area contributed by atoms with Crippen molar-refractivity contribution in [3.05, 3.63) is 0 Å². The van der Waals surface area contributed by atoms with E-state index in [-0.39, 0.29) is 12.2 Å². The van der Waals surface area contributed by atoms with Gasteiger partial charge in [-0.05, 0) is 13.3 Å². The highest BCUT2D eigenvalue weighted by Crippen LogP contribution is 2.21. The molecule has 2 nitrogen and oxygen atoms in total. The first-order valence-electron chi connectivity index (χ1n) is 3.57. The van der Waals surface area contributed by atoms with Gasteiger partial charge in [0.05, 0.1) is 18.3 Å². The summed E-state index contributed by atoms with van der Waals surface area (Å²) in [7, 11) is 0. The van der Waals surface area contributed by atoms with Gasteiger partial charge in [0.2, 0.25) is 0 Å². The van der Waals surface area contributed by atoms with Gasteiger partial charge in [-0.3, -0.25) is 0 Å². The monoisotopic (exact) mass is 130 g/mol. The molecular formula is C7H14O2. The molecule has 0 saturated carbocycles. The summed E-state index contributed by atoms with van der Waals surface area (Å²) in [5.74, 6) is 0. The lowest BCUT2D eigenvalue weighted by Crippen LogP contribution is -2.15. The zero-order valence-corrected chi connectivity index (χ0v) is 6.00. The number of aliphatic hydroxyl groups excluding tert-OH is 1. The number of aliphatic hydroxyl groups is 1. The van der Waals surface area contributed by atoms with E-state index in [0.717, 1.165) is 12.8 Å². The van der Waals surface area contributed by atoms with Crippen LogP contribution in [0.1, 0.15) is 26.7 Å². The molecule has 1 saturated heterocycles. The standard InChI is InChI=1S/C7H14O2/c1-3-6-4-7(8)5(2)9-6/h5-8H,3-4H2,1-2H3/t5-,6+,7?/m1/s1. The van der Waals surface area contributed by atoms with Gasteiger partial charge < -0.3 is 9.84 Å². The molecule has 0 aromatic rings. The zero-order chi connectivity index (χ0) is 6.85. The highest BCUT2D eigenvalue weighted by Gasteiger charge is 2.28. The minimum atomic E-state index is -0.227. The fraction of sp³-hybridized carbons (Fsp3) is 1.00. The van der Waals surface area contributed by atoms with Crippen LogP contribution >= 0.6 is 0 Å². The Labute approximate surface area is 55.8 Å². The van der Waals surface area contributed by atoms with E-state index in [0.29, 0.717) is 6.10 Å². The van der Waals surface area contributed by atoms with E-state index in [4.69, 9.17) is 4.74 Å². The van der Waals surface area contributed by atoms with Gasteiger partial charge in [0.25, 0.3) is 0 Å². The third-order valence-electron chi connectivity index (χ3n) is 1.91. The van der Waals surface area contributed by atoms with Gasteiger partial charge in [0.15, 0.2) is 0 Å². The lowest BCUT2D eigenvalue weighted by molar-refractivity contribution is 0.0212. The van der Waals surface area contributed by atoms with Crippen molar-refractivity contribution in [1.29, 1.82) is 0 Å². The summed E-state index contributed by atoms with van der Waals surface area (Å²) in [5, 5.41) is 9.17. The molecule has 1 unspecified atom stereocenters. The fourth-order valence-electron chi connectivity index (χ4n) is 1.17. The highest BCUT2D eigenvalue weighted by molar-refractivity contribution is 4.77. The number of hydrogen-bond acceptors (Lipinski definition) is 2. The topological polar surface area (TPSA) is 29.5 Å². The summed E-state index contributed by atoms with van der Waals surface area (Å²) in [5.41, 5.74) is 0. The molecule has 0 radical (unpaired) electrons. The SMILES string of the molecule is CC[C@H]1CC(O)[C@@H](C)O1. The lowest BCUT2D eigenvalue weighted by Gasteiger charge is -2.06. The molecule has 1 heterocycles. The van der Waals surface area contributed by atoms with Gasteiger partial charge in [-0.2, -0.15) is 0 Å². The van der Waals surface area contributed by atoms with Crippen molar-refractivity contribution >= 4 is 0 Å². The van der Waals surface area contributed by atoms with Crippen molar-refractivity contribution < 1.29 is 9.84 Å². The van der Waals surface area contributed by atoms with E-state index >= 15 is 0 Å². The smallest absolute Gasteiger partial charge is 0.0823 e. The second-order valence-electron chi connectivity index (χ2n) is 2.67. The molecule has 9 heavy (non-hydrogen) atoms. The maximum atomic E-state index is 9.17. The largest absolute Gasteiger partial charge is 0.390 e. The van der Waals surface area contributed by atoms with Crippen LogP contribution in [0.15, 0.2) is 0 Å². The fourth-order valence-corrected chi connectivity index (χ4v) is 1.17. The van der Waals surface area contributed by atoms with Gasteiger partial charge >= 0.3 is 0 Å². The summed E-state index contributed by atoms with van der Waals surface area (Å²) >= 11 is 0. The molecule has 1 aliphatic rings. The zero-order valence-electron chi connectivity index (χ0n) is 6.00.